The van der Waals surface area contributed by atoms with Crippen molar-refractivity contribution in [2.45, 2.75) is 0 Å². The molecule has 0 radical (unpaired) electrons. The smallest absolute Gasteiger partial charge is 0.166 e. The van der Waals surface area contributed by atoms with Crippen LogP contribution in [0.1, 0.15) is 0 Å². The maximum absolute atomic E-state index is 5.50. The van der Waals surface area contributed by atoms with Crippen LogP contribution in [0.15, 0.2) is 194 Å². The molecule has 0 unspecified atom stereocenters. The Morgan fingerprint density at radius 2 is 0.909 bits per heavy atom. The van der Waals surface area contributed by atoms with Crippen molar-refractivity contribution in [3.63, 3.8) is 0 Å². The Labute approximate surface area is 317 Å². The van der Waals surface area contributed by atoms with Crippen molar-refractivity contribution in [2.75, 3.05) is 0 Å². The molecule has 0 bridgehead atoms. The lowest BCUT2D eigenvalue weighted by molar-refractivity contribution is 1.08. The number of benzene rings is 9. The molecule has 0 saturated carbocycles. The highest BCUT2D eigenvalue weighted by atomic mass is 15.0. The molecule has 0 N–H and O–H groups in total. The minimum atomic E-state index is 0.621. The zero-order valence-corrected chi connectivity index (χ0v) is 29.8. The fraction of sp³-hybridized carbons (Fsp3) is 0. The lowest BCUT2D eigenvalue weighted by Gasteiger charge is -2.16. The van der Waals surface area contributed by atoms with Gasteiger partial charge >= 0.3 is 0 Å². The van der Waals surface area contributed by atoms with Crippen molar-refractivity contribution in [3.8, 4) is 51.0 Å². The van der Waals surface area contributed by atoms with Crippen molar-refractivity contribution in [1.82, 2.24) is 19.5 Å². The van der Waals surface area contributed by atoms with E-state index in [1.54, 1.807) is 0 Å². The molecule has 0 amide bonds. The SMILES string of the molecule is c1ccc(-c2ccccc2-c2nc(-c3c4ccccc4cc4c3ccc3ccccc34)nc(-c3cccc4c5ccccc5n(-c5ccccc5)c34)n2)cc1. The summed E-state index contributed by atoms with van der Waals surface area (Å²) >= 11 is 0. The molecule has 4 nitrogen and oxygen atoms in total. The molecule has 0 spiro atoms. The Morgan fingerprint density at radius 1 is 0.327 bits per heavy atom. The fourth-order valence-corrected chi connectivity index (χ4v) is 8.38. The first-order valence-electron chi connectivity index (χ1n) is 18.6. The van der Waals surface area contributed by atoms with E-state index in [0.29, 0.717) is 17.5 Å². The monoisotopic (exact) mass is 700 g/mol. The molecule has 55 heavy (non-hydrogen) atoms. The van der Waals surface area contributed by atoms with Gasteiger partial charge in [-0.15, -0.1) is 0 Å². The molecule has 0 aliphatic carbocycles. The third-order valence-corrected chi connectivity index (χ3v) is 10.8. The zero-order chi connectivity index (χ0) is 36.3. The van der Waals surface area contributed by atoms with Crippen LogP contribution in [0.2, 0.25) is 0 Å². The van der Waals surface area contributed by atoms with Gasteiger partial charge in [-0.2, -0.15) is 0 Å². The topological polar surface area (TPSA) is 43.6 Å². The van der Waals surface area contributed by atoms with Gasteiger partial charge in [-0.05, 0) is 73.8 Å². The van der Waals surface area contributed by atoms with Crippen LogP contribution in [0.4, 0.5) is 0 Å². The van der Waals surface area contributed by atoms with Crippen LogP contribution < -0.4 is 0 Å². The highest BCUT2D eigenvalue weighted by Gasteiger charge is 2.23. The molecule has 256 valence electrons. The fourth-order valence-electron chi connectivity index (χ4n) is 8.38. The Bertz CT molecular complexity index is 3260. The van der Waals surface area contributed by atoms with Gasteiger partial charge in [0.05, 0.1) is 11.0 Å². The second-order valence-electron chi connectivity index (χ2n) is 14.0. The largest absolute Gasteiger partial charge is 0.309 e. The second kappa shape index (κ2) is 12.6. The summed E-state index contributed by atoms with van der Waals surface area (Å²) in [5.74, 6) is 1.88. The molecular formula is C51H32N4. The van der Waals surface area contributed by atoms with Crippen LogP contribution in [0.5, 0.6) is 0 Å². The average molecular weight is 701 g/mol. The normalized spacial score (nSPS) is 11.6. The standard InChI is InChI=1S/C51H32N4/c1-3-16-33(17-4-1)37-22-11-12-26-43(37)49-52-50(44-28-15-27-42-40-25-13-14-29-46(40)55(48(42)44)36-20-5-2-6-21-36)54-51(53-49)47-39-24-10-8-19-35(39)32-45-38-23-9-7-18-34(38)30-31-41(45)47/h1-32H. The number of aromatic nitrogens is 4. The lowest BCUT2D eigenvalue weighted by Crippen LogP contribution is -2.03. The van der Waals surface area contributed by atoms with Crippen LogP contribution >= 0.6 is 0 Å². The zero-order valence-electron chi connectivity index (χ0n) is 29.8. The number of nitrogens with zero attached hydrogens (tertiary/aromatic N) is 4. The van der Waals surface area contributed by atoms with E-state index in [9.17, 15) is 0 Å². The van der Waals surface area contributed by atoms with Crippen molar-refractivity contribution in [2.24, 2.45) is 0 Å². The molecule has 0 aliphatic heterocycles. The number of rotatable bonds is 5. The summed E-state index contributed by atoms with van der Waals surface area (Å²) in [7, 11) is 0. The van der Waals surface area contributed by atoms with Gasteiger partial charge in [0.25, 0.3) is 0 Å². The molecule has 2 heterocycles. The summed E-state index contributed by atoms with van der Waals surface area (Å²) in [6.45, 7) is 0. The number of para-hydroxylation sites is 3. The third kappa shape index (κ3) is 5.03. The van der Waals surface area contributed by atoms with Gasteiger partial charge in [-0.1, -0.05) is 164 Å². The predicted octanol–water partition coefficient (Wildman–Crippen LogP) is 13.1. The van der Waals surface area contributed by atoms with Crippen molar-refractivity contribution >= 4 is 54.1 Å². The number of hydrogen-bond acceptors (Lipinski definition) is 3. The first-order chi connectivity index (χ1) is 27.3. The van der Waals surface area contributed by atoms with Gasteiger partial charge in [0.1, 0.15) is 0 Å². The summed E-state index contributed by atoms with van der Waals surface area (Å²) in [5.41, 5.74) is 8.33. The van der Waals surface area contributed by atoms with E-state index in [2.05, 4.69) is 193 Å². The van der Waals surface area contributed by atoms with E-state index in [1.807, 2.05) is 6.07 Å². The molecule has 4 heteroatoms. The van der Waals surface area contributed by atoms with Crippen LogP contribution in [-0.2, 0) is 0 Å². The van der Waals surface area contributed by atoms with Crippen LogP contribution in [-0.4, -0.2) is 19.5 Å². The van der Waals surface area contributed by atoms with Gasteiger partial charge in [-0.25, -0.2) is 15.0 Å². The van der Waals surface area contributed by atoms with Crippen LogP contribution in [0.25, 0.3) is 105 Å². The van der Waals surface area contributed by atoms with Crippen molar-refractivity contribution in [3.05, 3.63) is 194 Å². The maximum atomic E-state index is 5.50. The van der Waals surface area contributed by atoms with Gasteiger partial charge in [-0.3, -0.25) is 0 Å². The molecule has 0 aliphatic rings. The summed E-state index contributed by atoms with van der Waals surface area (Å²) in [4.78, 5) is 16.4. The number of hydrogen-bond donors (Lipinski definition) is 0. The molecule has 9 aromatic carbocycles. The molecule has 0 fully saturated rings. The Kier molecular flexibility index (Phi) is 7.14. The van der Waals surface area contributed by atoms with E-state index in [1.165, 1.54) is 21.5 Å². The molecule has 2 aromatic heterocycles. The van der Waals surface area contributed by atoms with Gasteiger partial charge in [0, 0.05) is 33.2 Å². The first kappa shape index (κ1) is 31.1. The predicted molar refractivity (Wildman–Crippen MR) is 228 cm³/mol. The average Bonchev–Trinajstić information content (AvgIpc) is 3.60. The molecule has 11 rings (SSSR count). The quantitative estimate of drug-likeness (QED) is 0.133. The van der Waals surface area contributed by atoms with E-state index < -0.39 is 0 Å². The van der Waals surface area contributed by atoms with E-state index in [-0.39, 0.29) is 0 Å². The highest BCUT2D eigenvalue weighted by Crippen LogP contribution is 2.42. The molecule has 0 saturated heterocycles. The molecular weight excluding hydrogens is 669 g/mol. The van der Waals surface area contributed by atoms with E-state index in [4.69, 9.17) is 15.0 Å². The lowest BCUT2D eigenvalue weighted by atomic mass is 9.93. The summed E-state index contributed by atoms with van der Waals surface area (Å²) in [6.07, 6.45) is 0. The Hall–Kier alpha value is -7.43. The molecule has 0 atom stereocenters. The van der Waals surface area contributed by atoms with Crippen LogP contribution in [0, 0.1) is 0 Å². The Balaban J connectivity index is 1.28. The molecule has 11 aromatic rings. The van der Waals surface area contributed by atoms with Crippen LogP contribution in [0.3, 0.4) is 0 Å². The number of fused-ring (bicyclic) bond motifs is 7. The summed E-state index contributed by atoms with van der Waals surface area (Å²) in [5, 5.41) is 9.24. The second-order valence-corrected chi connectivity index (χ2v) is 14.0. The van der Waals surface area contributed by atoms with E-state index in [0.717, 1.165) is 66.1 Å². The van der Waals surface area contributed by atoms with Gasteiger partial charge in [0.2, 0.25) is 0 Å². The minimum Gasteiger partial charge on any atom is -0.309 e. The van der Waals surface area contributed by atoms with Crippen molar-refractivity contribution in [1.29, 1.82) is 0 Å². The highest BCUT2D eigenvalue weighted by molar-refractivity contribution is 6.19. The first-order valence-corrected chi connectivity index (χ1v) is 18.6. The maximum Gasteiger partial charge on any atom is 0.166 e. The van der Waals surface area contributed by atoms with Gasteiger partial charge < -0.3 is 4.57 Å². The third-order valence-electron chi connectivity index (χ3n) is 10.8. The summed E-state index contributed by atoms with van der Waals surface area (Å²) in [6, 6.07) is 68.5. The van der Waals surface area contributed by atoms with Crippen molar-refractivity contribution < 1.29 is 0 Å². The summed E-state index contributed by atoms with van der Waals surface area (Å²) < 4.78 is 2.35. The van der Waals surface area contributed by atoms with Gasteiger partial charge in [0.15, 0.2) is 17.5 Å². The van der Waals surface area contributed by atoms with E-state index >= 15 is 0 Å². The Morgan fingerprint density at radius 3 is 1.73 bits per heavy atom. The minimum absolute atomic E-state index is 0.621.